The number of aliphatic hydroxyl groups is 1. The molecule has 1 unspecified atom stereocenters. The van der Waals surface area contributed by atoms with E-state index < -0.39 is 11.6 Å². The highest BCUT2D eigenvalue weighted by molar-refractivity contribution is 5.83. The van der Waals surface area contributed by atoms with Gasteiger partial charge in [0.2, 0.25) is 0 Å². The van der Waals surface area contributed by atoms with Crippen LogP contribution in [0.15, 0.2) is 12.2 Å². The van der Waals surface area contributed by atoms with Gasteiger partial charge in [-0.3, -0.25) is 4.79 Å². The van der Waals surface area contributed by atoms with Crippen molar-refractivity contribution in [1.82, 2.24) is 0 Å². The number of unbranched alkanes of at least 4 members (excludes halogenated alkanes) is 7. The minimum absolute atomic E-state index is 0.144. The van der Waals surface area contributed by atoms with Gasteiger partial charge in [0, 0.05) is 12.3 Å². The van der Waals surface area contributed by atoms with Crippen molar-refractivity contribution in [3.63, 3.8) is 0 Å². The predicted octanol–water partition coefficient (Wildman–Crippen LogP) is 6.06. The Hall–Kier alpha value is -1.16. The average Bonchev–Trinajstić information content (AvgIpc) is 3.02. The third kappa shape index (κ3) is 8.89. The lowest BCUT2D eigenvalue weighted by Crippen LogP contribution is -2.38. The number of allylic oxidation sites excluding steroid dienone is 2. The van der Waals surface area contributed by atoms with E-state index in [1.807, 2.05) is 6.92 Å². The van der Waals surface area contributed by atoms with Gasteiger partial charge >= 0.3 is 5.97 Å². The quantitative estimate of drug-likeness (QED) is 0.246. The second-order valence-corrected chi connectivity index (χ2v) is 8.59. The predicted molar refractivity (Wildman–Crippen MR) is 114 cm³/mol. The monoisotopic (exact) mass is 394 g/mol. The Balaban J connectivity index is 2.32. The van der Waals surface area contributed by atoms with Gasteiger partial charge in [-0.05, 0) is 50.9 Å². The summed E-state index contributed by atoms with van der Waals surface area (Å²) in [5.41, 5.74) is -1.58. The third-order valence-electron chi connectivity index (χ3n) is 6.21. The van der Waals surface area contributed by atoms with Crippen molar-refractivity contribution in [3.8, 4) is 0 Å². The molecule has 162 valence electrons. The smallest absolute Gasteiger partial charge is 0.335 e. The van der Waals surface area contributed by atoms with E-state index in [1.165, 1.54) is 25.7 Å². The number of hydrogen-bond acceptors (Lipinski definition) is 3. The van der Waals surface area contributed by atoms with E-state index in [1.54, 1.807) is 0 Å². The Kier molecular flexibility index (Phi) is 12.4. The molecule has 1 saturated carbocycles. The van der Waals surface area contributed by atoms with Gasteiger partial charge < -0.3 is 10.2 Å². The normalized spacial score (nSPS) is 22.0. The molecule has 0 aliphatic heterocycles. The number of aliphatic carboxylic acids is 1. The molecule has 1 fully saturated rings. The van der Waals surface area contributed by atoms with Crippen LogP contribution in [0.4, 0.5) is 0 Å². The molecule has 0 aromatic carbocycles. The number of rotatable bonds is 16. The molecule has 0 amide bonds. The van der Waals surface area contributed by atoms with E-state index in [0.29, 0.717) is 37.4 Å². The molecule has 0 radical (unpaired) electrons. The lowest BCUT2D eigenvalue weighted by Gasteiger charge is -2.23. The lowest BCUT2D eigenvalue weighted by molar-refractivity contribution is -0.160. The van der Waals surface area contributed by atoms with E-state index in [9.17, 15) is 19.8 Å². The summed E-state index contributed by atoms with van der Waals surface area (Å²) in [6, 6.07) is 0. The highest BCUT2D eigenvalue weighted by atomic mass is 16.4. The molecule has 1 rings (SSSR count). The van der Waals surface area contributed by atoms with E-state index >= 15 is 0 Å². The molecule has 4 heteroatoms. The first-order chi connectivity index (χ1) is 13.4. The molecule has 2 N–H and O–H groups in total. The average molecular weight is 395 g/mol. The van der Waals surface area contributed by atoms with Gasteiger partial charge in [-0.15, -0.1) is 0 Å². The Morgan fingerprint density at radius 3 is 2.39 bits per heavy atom. The summed E-state index contributed by atoms with van der Waals surface area (Å²) in [6.45, 7) is 4.22. The van der Waals surface area contributed by atoms with Crippen molar-refractivity contribution in [1.29, 1.82) is 0 Å². The minimum Gasteiger partial charge on any atom is -0.479 e. The van der Waals surface area contributed by atoms with Crippen LogP contribution in [0.2, 0.25) is 0 Å². The Morgan fingerprint density at radius 1 is 1.04 bits per heavy atom. The molecular weight excluding hydrogens is 352 g/mol. The maximum atomic E-state index is 12.2. The van der Waals surface area contributed by atoms with Gasteiger partial charge in [0.05, 0.1) is 0 Å². The van der Waals surface area contributed by atoms with Crippen LogP contribution in [-0.4, -0.2) is 27.6 Å². The molecule has 3 atom stereocenters. The Bertz CT molecular complexity index is 485. The summed E-state index contributed by atoms with van der Waals surface area (Å²) in [4.78, 5) is 23.6. The molecule has 1 aliphatic carbocycles. The summed E-state index contributed by atoms with van der Waals surface area (Å²) < 4.78 is 0. The van der Waals surface area contributed by atoms with Gasteiger partial charge in [-0.2, -0.15) is 0 Å². The van der Waals surface area contributed by atoms with Crippen molar-refractivity contribution < 1.29 is 19.8 Å². The largest absolute Gasteiger partial charge is 0.479 e. The zero-order valence-electron chi connectivity index (χ0n) is 18.1. The number of carbonyl (C=O) groups excluding carboxylic acids is 1. The Labute approximate surface area is 171 Å². The number of carboxylic acids is 1. The summed E-state index contributed by atoms with van der Waals surface area (Å²) in [7, 11) is 0. The molecular formula is C24H42O4. The van der Waals surface area contributed by atoms with Crippen LogP contribution < -0.4 is 0 Å². The first-order valence-electron chi connectivity index (χ1n) is 11.6. The molecule has 4 nitrogen and oxygen atoms in total. The van der Waals surface area contributed by atoms with E-state index in [0.717, 1.165) is 44.9 Å². The fraction of sp³-hybridized carbons (Fsp3) is 0.833. The van der Waals surface area contributed by atoms with Gasteiger partial charge in [0.25, 0.3) is 0 Å². The molecule has 0 aromatic rings. The first-order valence-corrected chi connectivity index (χ1v) is 11.6. The van der Waals surface area contributed by atoms with Gasteiger partial charge in [0.15, 0.2) is 5.60 Å². The maximum Gasteiger partial charge on any atom is 0.335 e. The van der Waals surface area contributed by atoms with Crippen molar-refractivity contribution in [2.24, 2.45) is 11.8 Å². The second-order valence-electron chi connectivity index (χ2n) is 8.59. The fourth-order valence-corrected chi connectivity index (χ4v) is 4.27. The molecule has 0 heterocycles. The molecule has 28 heavy (non-hydrogen) atoms. The van der Waals surface area contributed by atoms with E-state index in [-0.39, 0.29) is 5.92 Å². The number of ketones is 1. The zero-order valence-corrected chi connectivity index (χ0v) is 18.1. The van der Waals surface area contributed by atoms with Crippen molar-refractivity contribution in [2.75, 3.05) is 0 Å². The van der Waals surface area contributed by atoms with Crippen LogP contribution in [0.1, 0.15) is 110 Å². The standard InChI is InChI=1S/C24H42O4/c1-3-5-7-8-9-11-14-20-16-17-22(25)21(20)15-12-10-13-19-24(28,23(26)27)18-6-4-2/h11,14,20-21,28H,3-10,12-13,15-19H2,1-2H3,(H,26,27)/t20-,21+,24?/m0/s1. The topological polar surface area (TPSA) is 74.6 Å². The number of Topliss-reactive ketones (excluding diaryl/α,β-unsaturated/α-hetero) is 1. The number of carboxylic acid groups (broad SMARTS) is 1. The molecule has 0 saturated heterocycles. The zero-order chi connectivity index (χ0) is 20.8. The molecule has 0 spiro atoms. The van der Waals surface area contributed by atoms with E-state index in [2.05, 4.69) is 19.1 Å². The number of hydrogen-bond donors (Lipinski definition) is 2. The fourth-order valence-electron chi connectivity index (χ4n) is 4.27. The molecule has 1 aliphatic rings. The van der Waals surface area contributed by atoms with Crippen LogP contribution in [0, 0.1) is 11.8 Å². The molecule has 0 bridgehead atoms. The highest BCUT2D eigenvalue weighted by Crippen LogP contribution is 2.34. The van der Waals surface area contributed by atoms with Gasteiger partial charge in [0.1, 0.15) is 5.78 Å². The Morgan fingerprint density at radius 2 is 1.71 bits per heavy atom. The first kappa shape index (κ1) is 24.9. The minimum atomic E-state index is -1.58. The SMILES string of the molecule is CCCCCCC=C[C@H]1CCC(=O)[C@@H]1CCCCCC(O)(CCCC)C(=O)O. The summed E-state index contributed by atoms with van der Waals surface area (Å²) >= 11 is 0. The van der Waals surface area contributed by atoms with Crippen LogP contribution in [-0.2, 0) is 9.59 Å². The van der Waals surface area contributed by atoms with Crippen molar-refractivity contribution >= 4 is 11.8 Å². The van der Waals surface area contributed by atoms with Gasteiger partial charge in [-0.25, -0.2) is 4.79 Å². The van der Waals surface area contributed by atoms with Crippen LogP contribution in [0.5, 0.6) is 0 Å². The van der Waals surface area contributed by atoms with Crippen LogP contribution >= 0.6 is 0 Å². The summed E-state index contributed by atoms with van der Waals surface area (Å²) in [5.74, 6) is -0.175. The number of carbonyl (C=O) groups is 2. The summed E-state index contributed by atoms with van der Waals surface area (Å²) in [5, 5.41) is 19.6. The molecule has 0 aromatic heterocycles. The summed E-state index contributed by atoms with van der Waals surface area (Å²) in [6.07, 6.45) is 18.1. The van der Waals surface area contributed by atoms with Crippen LogP contribution in [0.3, 0.4) is 0 Å². The lowest BCUT2D eigenvalue weighted by atomic mass is 9.87. The maximum absolute atomic E-state index is 12.2. The second kappa shape index (κ2) is 13.9. The van der Waals surface area contributed by atoms with Crippen molar-refractivity contribution in [3.05, 3.63) is 12.2 Å². The van der Waals surface area contributed by atoms with E-state index in [4.69, 9.17) is 0 Å². The highest BCUT2D eigenvalue weighted by Gasteiger charge is 2.35. The third-order valence-corrected chi connectivity index (χ3v) is 6.21. The van der Waals surface area contributed by atoms with Crippen molar-refractivity contribution in [2.45, 2.75) is 116 Å². The van der Waals surface area contributed by atoms with Crippen LogP contribution in [0.25, 0.3) is 0 Å². The van der Waals surface area contributed by atoms with Gasteiger partial charge in [-0.1, -0.05) is 70.9 Å².